The van der Waals surface area contributed by atoms with Crippen LogP contribution < -0.4 is 4.74 Å². The van der Waals surface area contributed by atoms with Crippen LogP contribution in [0, 0.1) is 0 Å². The maximum Gasteiger partial charge on any atom is 0.213 e. The molecule has 2 aliphatic heterocycles. The number of ether oxygens (including phenoxy) is 2. The van der Waals surface area contributed by atoms with E-state index in [2.05, 4.69) is 77.7 Å². The van der Waals surface area contributed by atoms with E-state index in [1.165, 1.54) is 16.5 Å². The van der Waals surface area contributed by atoms with Gasteiger partial charge in [-0.05, 0) is 73.0 Å². The molecule has 0 radical (unpaired) electrons. The maximum atomic E-state index is 6.14. The van der Waals surface area contributed by atoms with E-state index >= 15 is 0 Å². The number of likely N-dealkylation sites (tertiary alicyclic amines) is 1. The third kappa shape index (κ3) is 6.01. The molecule has 3 aromatic heterocycles. The lowest BCUT2D eigenvalue weighted by molar-refractivity contribution is -0.0592. The van der Waals surface area contributed by atoms with E-state index in [1.807, 2.05) is 30.5 Å². The summed E-state index contributed by atoms with van der Waals surface area (Å²) in [5, 5.41) is 2.29. The molecule has 7 nitrogen and oxygen atoms in total. The molecule has 0 N–H and O–H groups in total. The molecule has 222 valence electrons. The molecule has 0 amide bonds. The number of fused-ring (bicyclic) bond motifs is 2. The summed E-state index contributed by atoms with van der Waals surface area (Å²) in [7, 11) is 0. The summed E-state index contributed by atoms with van der Waals surface area (Å²) in [6.45, 7) is 11.9. The SMILES string of the molecule is CC(C)(C)c1ccc2nc(CN3CCC(c4cccc(OCc5nccc6ccccc56)n4)CC3)n(CC3CCO3)c2c1. The van der Waals surface area contributed by atoms with Crippen LogP contribution >= 0.6 is 0 Å². The summed E-state index contributed by atoms with van der Waals surface area (Å²) in [5.41, 5.74) is 5.80. The van der Waals surface area contributed by atoms with E-state index in [4.69, 9.17) is 19.4 Å². The zero-order chi connectivity index (χ0) is 29.4. The molecule has 2 aliphatic rings. The molecule has 7 rings (SSSR count). The van der Waals surface area contributed by atoms with Crippen molar-refractivity contribution >= 4 is 21.8 Å². The van der Waals surface area contributed by atoms with Crippen LogP contribution in [0.15, 0.2) is 72.9 Å². The zero-order valence-electron chi connectivity index (χ0n) is 25.5. The van der Waals surface area contributed by atoms with Crippen LogP contribution in [0.25, 0.3) is 21.8 Å². The van der Waals surface area contributed by atoms with Crippen LogP contribution in [0.4, 0.5) is 0 Å². The lowest BCUT2D eigenvalue weighted by Gasteiger charge is -2.32. The maximum absolute atomic E-state index is 6.14. The van der Waals surface area contributed by atoms with Crippen molar-refractivity contribution in [2.75, 3.05) is 19.7 Å². The molecule has 2 saturated heterocycles. The van der Waals surface area contributed by atoms with Crippen molar-refractivity contribution in [1.82, 2.24) is 24.4 Å². The highest BCUT2D eigenvalue weighted by atomic mass is 16.5. The number of piperidine rings is 1. The van der Waals surface area contributed by atoms with Crippen molar-refractivity contribution in [2.24, 2.45) is 0 Å². The Labute approximate surface area is 253 Å². The van der Waals surface area contributed by atoms with Crippen LogP contribution in [-0.4, -0.2) is 50.2 Å². The average molecular weight is 576 g/mol. The van der Waals surface area contributed by atoms with Crippen LogP contribution in [0.3, 0.4) is 0 Å². The Morgan fingerprint density at radius 3 is 2.56 bits per heavy atom. The highest BCUT2D eigenvalue weighted by Crippen LogP contribution is 2.31. The molecule has 0 saturated carbocycles. The van der Waals surface area contributed by atoms with Gasteiger partial charge < -0.3 is 14.0 Å². The van der Waals surface area contributed by atoms with Gasteiger partial charge in [-0.25, -0.2) is 9.97 Å². The number of hydrogen-bond donors (Lipinski definition) is 0. The lowest BCUT2D eigenvalue weighted by atomic mass is 9.87. The summed E-state index contributed by atoms with van der Waals surface area (Å²) in [4.78, 5) is 17.2. The van der Waals surface area contributed by atoms with Gasteiger partial charge in [0.15, 0.2) is 0 Å². The Balaban J connectivity index is 1.02. The highest BCUT2D eigenvalue weighted by Gasteiger charge is 2.26. The number of pyridine rings is 2. The fourth-order valence-electron chi connectivity index (χ4n) is 6.36. The topological polar surface area (TPSA) is 65.3 Å². The fraction of sp³-hybridized carbons (Fsp3) is 0.417. The van der Waals surface area contributed by atoms with Gasteiger partial charge in [0.05, 0.1) is 35.9 Å². The molecular weight excluding hydrogens is 534 g/mol. The first-order valence-electron chi connectivity index (χ1n) is 15.7. The van der Waals surface area contributed by atoms with Gasteiger partial charge in [-0.15, -0.1) is 0 Å². The largest absolute Gasteiger partial charge is 0.471 e. The van der Waals surface area contributed by atoms with E-state index in [-0.39, 0.29) is 11.5 Å². The molecule has 1 atom stereocenters. The van der Waals surface area contributed by atoms with E-state index in [0.29, 0.717) is 18.4 Å². The number of hydrogen-bond acceptors (Lipinski definition) is 6. The normalized spacial score (nSPS) is 18.3. The van der Waals surface area contributed by atoms with E-state index in [0.717, 1.165) is 80.2 Å². The second-order valence-corrected chi connectivity index (χ2v) is 13.1. The van der Waals surface area contributed by atoms with Crippen molar-refractivity contribution in [3.8, 4) is 5.88 Å². The van der Waals surface area contributed by atoms with Gasteiger partial charge in [0.25, 0.3) is 0 Å². The van der Waals surface area contributed by atoms with Gasteiger partial charge >= 0.3 is 0 Å². The minimum absolute atomic E-state index is 0.0987. The molecular formula is C36H41N5O2. The predicted molar refractivity (Wildman–Crippen MR) is 170 cm³/mol. The van der Waals surface area contributed by atoms with Crippen molar-refractivity contribution in [1.29, 1.82) is 0 Å². The highest BCUT2D eigenvalue weighted by molar-refractivity contribution is 5.84. The van der Waals surface area contributed by atoms with Crippen LogP contribution in [0.5, 0.6) is 5.88 Å². The predicted octanol–water partition coefficient (Wildman–Crippen LogP) is 7.02. The molecule has 0 spiro atoms. The molecule has 5 aromatic rings. The summed E-state index contributed by atoms with van der Waals surface area (Å²) < 4.78 is 14.4. The van der Waals surface area contributed by atoms with E-state index < -0.39 is 0 Å². The first kappa shape index (κ1) is 28.0. The quantitative estimate of drug-likeness (QED) is 0.198. The smallest absolute Gasteiger partial charge is 0.213 e. The number of benzene rings is 2. The minimum Gasteiger partial charge on any atom is -0.471 e. The zero-order valence-corrected chi connectivity index (χ0v) is 25.5. The monoisotopic (exact) mass is 575 g/mol. The van der Waals surface area contributed by atoms with E-state index in [1.54, 1.807) is 0 Å². The van der Waals surface area contributed by atoms with Crippen LogP contribution in [0.2, 0.25) is 0 Å². The fourth-order valence-corrected chi connectivity index (χ4v) is 6.36. The standard InChI is InChI=1S/C36H41N5O2/c1-36(2,3)27-11-12-31-33(21-27)41(22-28-16-20-42-28)34(38-31)23-40-18-14-26(15-19-40)30-9-6-10-35(39-30)43-24-32-29-8-5-4-7-25(29)13-17-37-32/h4-13,17,21,26,28H,14-16,18-20,22-24H2,1-3H3. The van der Waals surface area contributed by atoms with Gasteiger partial charge in [0.1, 0.15) is 12.4 Å². The Kier molecular flexibility index (Phi) is 7.62. The number of aromatic nitrogens is 4. The minimum atomic E-state index is 0.0987. The second kappa shape index (κ2) is 11.7. The van der Waals surface area contributed by atoms with Gasteiger partial charge in [0.2, 0.25) is 5.88 Å². The number of nitrogens with zero attached hydrogens (tertiary/aromatic N) is 5. The van der Waals surface area contributed by atoms with Gasteiger partial charge in [-0.2, -0.15) is 0 Å². The summed E-state index contributed by atoms with van der Waals surface area (Å²) in [5.74, 6) is 2.23. The van der Waals surface area contributed by atoms with E-state index in [9.17, 15) is 0 Å². The molecule has 2 fully saturated rings. The molecule has 2 aromatic carbocycles. The summed E-state index contributed by atoms with van der Waals surface area (Å²) in [6, 6.07) is 23.3. The molecule has 0 bridgehead atoms. The second-order valence-electron chi connectivity index (χ2n) is 13.1. The van der Waals surface area contributed by atoms with Gasteiger partial charge in [-0.1, -0.05) is 57.2 Å². The van der Waals surface area contributed by atoms with Crippen molar-refractivity contribution < 1.29 is 9.47 Å². The number of rotatable bonds is 8. The average Bonchev–Trinajstić information content (AvgIpc) is 3.33. The first-order chi connectivity index (χ1) is 20.9. The molecule has 5 heterocycles. The molecule has 43 heavy (non-hydrogen) atoms. The van der Waals surface area contributed by atoms with Crippen molar-refractivity contribution in [2.45, 2.75) is 77.2 Å². The molecule has 0 aliphatic carbocycles. The van der Waals surface area contributed by atoms with Crippen molar-refractivity contribution in [3.63, 3.8) is 0 Å². The van der Waals surface area contributed by atoms with Crippen molar-refractivity contribution in [3.05, 3.63) is 95.7 Å². The summed E-state index contributed by atoms with van der Waals surface area (Å²) >= 11 is 0. The summed E-state index contributed by atoms with van der Waals surface area (Å²) in [6.07, 6.45) is 5.40. The van der Waals surface area contributed by atoms with Gasteiger partial charge in [0, 0.05) is 35.9 Å². The lowest BCUT2D eigenvalue weighted by Crippen LogP contribution is -2.35. The van der Waals surface area contributed by atoms with Crippen LogP contribution in [0.1, 0.15) is 68.7 Å². The Hall–Kier alpha value is -3.81. The van der Waals surface area contributed by atoms with Crippen LogP contribution in [-0.2, 0) is 29.8 Å². The third-order valence-corrected chi connectivity index (χ3v) is 9.10. The first-order valence-corrected chi connectivity index (χ1v) is 15.7. The Morgan fingerprint density at radius 1 is 0.930 bits per heavy atom. The third-order valence-electron chi connectivity index (χ3n) is 9.10. The van der Waals surface area contributed by atoms with Gasteiger partial charge in [-0.3, -0.25) is 9.88 Å². The Morgan fingerprint density at radius 2 is 1.77 bits per heavy atom. The number of imidazole rings is 1. The molecule has 7 heteroatoms. The Bertz CT molecular complexity index is 1720. The molecule has 1 unspecified atom stereocenters.